The third kappa shape index (κ3) is 3.59. The Labute approximate surface area is 137 Å². The normalized spacial score (nSPS) is 21.5. The minimum absolute atomic E-state index is 0.290. The minimum Gasteiger partial charge on any atom is -0.171 e. The van der Waals surface area contributed by atoms with Gasteiger partial charge in [-0.2, -0.15) is 13.2 Å². The van der Waals surface area contributed by atoms with Crippen LogP contribution in [0.25, 0.3) is 0 Å². The van der Waals surface area contributed by atoms with E-state index in [9.17, 15) is 13.2 Å². The van der Waals surface area contributed by atoms with Crippen molar-refractivity contribution in [2.45, 2.75) is 76.8 Å². The summed E-state index contributed by atoms with van der Waals surface area (Å²) in [7, 11) is 0. The molecule has 2 fully saturated rings. The highest BCUT2D eigenvalue weighted by Gasteiger charge is 2.62. The molecule has 0 nitrogen and oxygen atoms in total. The zero-order chi connectivity index (χ0) is 16.7. The van der Waals surface area contributed by atoms with Crippen LogP contribution < -0.4 is 0 Å². The van der Waals surface area contributed by atoms with Crippen LogP contribution in [-0.4, -0.2) is 6.18 Å². The van der Waals surface area contributed by atoms with Crippen LogP contribution in [0.3, 0.4) is 0 Å². The van der Waals surface area contributed by atoms with Crippen LogP contribution in [0.1, 0.15) is 69.9 Å². The van der Waals surface area contributed by atoms with Gasteiger partial charge in [0.05, 0.1) is 5.41 Å². The van der Waals surface area contributed by atoms with Crippen molar-refractivity contribution < 1.29 is 13.2 Å². The fraction of sp³-hybridized carbons (Fsp3) is 0.700. The van der Waals surface area contributed by atoms with Crippen molar-refractivity contribution in [1.29, 1.82) is 0 Å². The minimum atomic E-state index is -4.01. The lowest BCUT2D eigenvalue weighted by molar-refractivity contribution is -0.189. The molecule has 0 aliphatic heterocycles. The number of hydrogen-bond donors (Lipinski definition) is 0. The number of aryl methyl sites for hydroxylation is 1. The molecule has 1 aromatic carbocycles. The van der Waals surface area contributed by atoms with Gasteiger partial charge in [0.2, 0.25) is 0 Å². The van der Waals surface area contributed by atoms with Crippen LogP contribution in [0.15, 0.2) is 24.3 Å². The van der Waals surface area contributed by atoms with E-state index in [-0.39, 0.29) is 6.42 Å². The Bertz CT molecular complexity index is 548. The Morgan fingerprint density at radius 1 is 1.09 bits per heavy atom. The number of halogens is 3. The van der Waals surface area contributed by atoms with Gasteiger partial charge in [0.25, 0.3) is 0 Å². The van der Waals surface area contributed by atoms with Gasteiger partial charge < -0.3 is 0 Å². The molecule has 0 atom stereocenters. The molecule has 0 N–H and O–H groups in total. The van der Waals surface area contributed by atoms with E-state index < -0.39 is 11.6 Å². The van der Waals surface area contributed by atoms with Crippen molar-refractivity contribution in [3.63, 3.8) is 0 Å². The molecule has 0 unspecified atom stereocenters. The van der Waals surface area contributed by atoms with E-state index in [0.29, 0.717) is 30.6 Å². The van der Waals surface area contributed by atoms with Gasteiger partial charge in [-0.1, -0.05) is 38.1 Å². The predicted molar refractivity (Wildman–Crippen MR) is 87.5 cm³/mol. The van der Waals surface area contributed by atoms with Gasteiger partial charge in [0, 0.05) is 0 Å². The second-order valence-electron chi connectivity index (χ2n) is 8.21. The molecule has 0 aromatic heterocycles. The van der Waals surface area contributed by atoms with Crippen molar-refractivity contribution in [3.8, 4) is 0 Å². The van der Waals surface area contributed by atoms with E-state index in [1.54, 1.807) is 0 Å². The Morgan fingerprint density at radius 3 is 2.30 bits per heavy atom. The van der Waals surface area contributed by atoms with Crippen LogP contribution in [-0.2, 0) is 11.8 Å². The summed E-state index contributed by atoms with van der Waals surface area (Å²) in [5.41, 5.74) is 1.62. The fourth-order valence-electron chi connectivity index (χ4n) is 4.06. The molecule has 2 aliphatic carbocycles. The SMILES string of the molecule is CC(C)CC1(c2cccc(CCCC3(C(F)(F)F)CC3)c2)CC1. The first kappa shape index (κ1) is 16.9. The first-order chi connectivity index (χ1) is 10.8. The Morgan fingerprint density at radius 2 is 1.78 bits per heavy atom. The molecule has 0 saturated heterocycles. The topological polar surface area (TPSA) is 0 Å². The summed E-state index contributed by atoms with van der Waals surface area (Å²) in [6.45, 7) is 4.52. The lowest BCUT2D eigenvalue weighted by Gasteiger charge is -2.20. The monoisotopic (exact) mass is 324 g/mol. The summed E-state index contributed by atoms with van der Waals surface area (Å²) in [6, 6.07) is 8.61. The van der Waals surface area contributed by atoms with E-state index in [2.05, 4.69) is 38.1 Å². The second-order valence-corrected chi connectivity index (χ2v) is 8.21. The number of rotatable bonds is 7. The highest BCUT2D eigenvalue weighted by molar-refractivity contribution is 5.34. The molecule has 2 saturated carbocycles. The largest absolute Gasteiger partial charge is 0.394 e. The van der Waals surface area contributed by atoms with Gasteiger partial charge in [0.1, 0.15) is 0 Å². The van der Waals surface area contributed by atoms with E-state index in [0.717, 1.165) is 6.42 Å². The van der Waals surface area contributed by atoms with E-state index in [4.69, 9.17) is 0 Å². The molecule has 2 aliphatic rings. The van der Waals surface area contributed by atoms with Crippen LogP contribution in [0, 0.1) is 11.3 Å². The molecule has 0 amide bonds. The maximum atomic E-state index is 13.0. The lowest BCUT2D eigenvalue weighted by atomic mass is 9.86. The average Bonchev–Trinajstić information content (AvgIpc) is 3.34. The smallest absolute Gasteiger partial charge is 0.171 e. The molecule has 0 bridgehead atoms. The van der Waals surface area contributed by atoms with Crippen molar-refractivity contribution in [1.82, 2.24) is 0 Å². The molecule has 23 heavy (non-hydrogen) atoms. The molecule has 1 aromatic rings. The number of alkyl halides is 3. The third-order valence-corrected chi connectivity index (χ3v) is 5.77. The molecule has 3 rings (SSSR count). The van der Waals surface area contributed by atoms with E-state index >= 15 is 0 Å². The zero-order valence-corrected chi connectivity index (χ0v) is 14.2. The van der Waals surface area contributed by atoms with Crippen LogP contribution in [0.2, 0.25) is 0 Å². The molecule has 0 spiro atoms. The maximum absolute atomic E-state index is 13.0. The lowest BCUT2D eigenvalue weighted by Crippen LogP contribution is -2.24. The van der Waals surface area contributed by atoms with Crippen LogP contribution in [0.4, 0.5) is 13.2 Å². The highest BCUT2D eigenvalue weighted by Crippen LogP contribution is 2.60. The van der Waals surface area contributed by atoms with Gasteiger partial charge in [-0.15, -0.1) is 0 Å². The third-order valence-electron chi connectivity index (χ3n) is 5.77. The number of benzene rings is 1. The highest BCUT2D eigenvalue weighted by atomic mass is 19.4. The van der Waals surface area contributed by atoms with Gasteiger partial charge >= 0.3 is 6.18 Å². The van der Waals surface area contributed by atoms with Crippen molar-refractivity contribution in [2.24, 2.45) is 11.3 Å². The zero-order valence-electron chi connectivity index (χ0n) is 14.2. The van der Waals surface area contributed by atoms with Crippen LogP contribution in [0.5, 0.6) is 0 Å². The average molecular weight is 324 g/mol. The summed E-state index contributed by atoms with van der Waals surface area (Å²) in [5.74, 6) is 0.683. The van der Waals surface area contributed by atoms with Gasteiger partial charge in [-0.3, -0.25) is 0 Å². The summed E-state index contributed by atoms with van der Waals surface area (Å²) < 4.78 is 38.9. The predicted octanol–water partition coefficient (Wildman–Crippen LogP) is 6.43. The maximum Gasteiger partial charge on any atom is 0.394 e. The molecule has 3 heteroatoms. The Kier molecular flexibility index (Phi) is 4.27. The quantitative estimate of drug-likeness (QED) is 0.542. The Balaban J connectivity index is 1.59. The first-order valence-corrected chi connectivity index (χ1v) is 8.93. The second kappa shape index (κ2) is 5.82. The number of hydrogen-bond acceptors (Lipinski definition) is 0. The van der Waals surface area contributed by atoms with Gasteiger partial charge in [0.15, 0.2) is 0 Å². The molecular weight excluding hydrogens is 297 g/mol. The van der Waals surface area contributed by atoms with Crippen molar-refractivity contribution in [2.75, 3.05) is 0 Å². The van der Waals surface area contributed by atoms with Crippen molar-refractivity contribution >= 4 is 0 Å². The standard InChI is InChI=1S/C20H27F3/c1-15(2)14-18(9-10-18)17-7-3-5-16(13-17)6-4-8-19(11-12-19)20(21,22)23/h3,5,7,13,15H,4,6,8-12,14H2,1-2H3. The summed E-state index contributed by atoms with van der Waals surface area (Å²) in [5, 5.41) is 0. The Hall–Kier alpha value is -0.990. The van der Waals surface area contributed by atoms with Gasteiger partial charge in [-0.05, 0) is 73.8 Å². The molecular formula is C20H27F3. The summed E-state index contributed by atoms with van der Waals surface area (Å²) in [6.07, 6.45) is 2.07. The van der Waals surface area contributed by atoms with Crippen molar-refractivity contribution in [3.05, 3.63) is 35.4 Å². The summed E-state index contributed by atoms with van der Waals surface area (Å²) in [4.78, 5) is 0. The molecule has 0 heterocycles. The van der Waals surface area contributed by atoms with E-state index in [1.165, 1.54) is 30.4 Å². The van der Waals surface area contributed by atoms with Gasteiger partial charge in [-0.25, -0.2) is 0 Å². The van der Waals surface area contributed by atoms with Crippen LogP contribution >= 0.6 is 0 Å². The molecule has 128 valence electrons. The first-order valence-electron chi connectivity index (χ1n) is 8.93. The molecule has 0 radical (unpaired) electrons. The van der Waals surface area contributed by atoms with E-state index in [1.807, 2.05) is 0 Å². The summed E-state index contributed by atoms with van der Waals surface area (Å²) >= 11 is 0. The fourth-order valence-corrected chi connectivity index (χ4v) is 4.06.